The van der Waals surface area contributed by atoms with Gasteiger partial charge in [-0.05, 0) is 49.4 Å². The van der Waals surface area contributed by atoms with Crippen LogP contribution in [0.4, 0.5) is 5.69 Å². The molecule has 0 bridgehead atoms. The zero-order chi connectivity index (χ0) is 20.1. The van der Waals surface area contributed by atoms with Crippen molar-refractivity contribution in [3.63, 3.8) is 0 Å². The molecule has 0 aliphatic heterocycles. The molecule has 0 spiro atoms. The minimum Gasteiger partial charge on any atom is -0.497 e. The fourth-order valence-corrected chi connectivity index (χ4v) is 2.54. The molecule has 7 nitrogen and oxygen atoms in total. The van der Waals surface area contributed by atoms with Crippen molar-refractivity contribution in [2.24, 2.45) is 0 Å². The number of carbonyl (C=O) groups is 2. The van der Waals surface area contributed by atoms with Crippen LogP contribution in [0.25, 0.3) is 11.5 Å². The summed E-state index contributed by atoms with van der Waals surface area (Å²) in [5.74, 6) is 1.26. The second kappa shape index (κ2) is 8.39. The topological polar surface area (TPSA) is 90.7 Å². The van der Waals surface area contributed by atoms with Crippen molar-refractivity contribution in [3.05, 3.63) is 60.0 Å². The molecule has 0 aliphatic rings. The second-order valence-electron chi connectivity index (χ2n) is 6.11. The van der Waals surface area contributed by atoms with E-state index in [0.717, 1.165) is 11.3 Å². The van der Waals surface area contributed by atoms with Crippen molar-refractivity contribution >= 4 is 17.4 Å². The van der Waals surface area contributed by atoms with Gasteiger partial charge in [0.1, 0.15) is 30.1 Å². The molecule has 0 aliphatic carbocycles. The minimum absolute atomic E-state index is 0.0950. The number of ether oxygens (including phenoxy) is 2. The molecule has 2 aromatic carbocycles. The van der Waals surface area contributed by atoms with Gasteiger partial charge in [-0.3, -0.25) is 9.59 Å². The average molecular weight is 380 g/mol. The van der Waals surface area contributed by atoms with Crippen molar-refractivity contribution < 1.29 is 23.5 Å². The molecule has 0 unspecified atom stereocenters. The molecule has 0 saturated carbocycles. The molecular weight excluding hydrogens is 360 g/mol. The molecule has 1 N–H and O–H groups in total. The summed E-state index contributed by atoms with van der Waals surface area (Å²) < 4.78 is 16.4. The molecule has 144 valence electrons. The molecule has 0 atom stereocenters. The maximum Gasteiger partial charge on any atom is 0.226 e. The van der Waals surface area contributed by atoms with Gasteiger partial charge < -0.3 is 19.2 Å². The Balaban J connectivity index is 1.76. The van der Waals surface area contributed by atoms with E-state index >= 15 is 0 Å². The first-order valence-corrected chi connectivity index (χ1v) is 8.60. The number of amides is 1. The van der Waals surface area contributed by atoms with E-state index in [1.807, 2.05) is 24.3 Å². The molecule has 1 amide bonds. The Bertz CT molecular complexity index is 992. The number of methoxy groups -OCH3 is 1. The molecule has 1 aromatic heterocycles. The van der Waals surface area contributed by atoms with E-state index in [2.05, 4.69) is 10.3 Å². The van der Waals surface area contributed by atoms with E-state index in [9.17, 15) is 9.59 Å². The molecular formula is C21H20N2O5. The highest BCUT2D eigenvalue weighted by Gasteiger charge is 2.12. The molecule has 28 heavy (non-hydrogen) atoms. The lowest BCUT2D eigenvalue weighted by atomic mass is 10.1. The maximum absolute atomic E-state index is 11.6. The van der Waals surface area contributed by atoms with Gasteiger partial charge in [-0.2, -0.15) is 0 Å². The number of nitrogens with one attached hydrogen (secondary N) is 1. The summed E-state index contributed by atoms with van der Waals surface area (Å²) in [5, 5.41) is 2.69. The summed E-state index contributed by atoms with van der Waals surface area (Å²) in [6, 6.07) is 12.2. The summed E-state index contributed by atoms with van der Waals surface area (Å²) in [6.45, 7) is 2.99. The van der Waals surface area contributed by atoms with E-state index in [1.54, 1.807) is 25.3 Å². The zero-order valence-electron chi connectivity index (χ0n) is 15.8. The number of aromatic nitrogens is 1. The number of carbonyl (C=O) groups excluding carboxylic acids is 2. The van der Waals surface area contributed by atoms with Gasteiger partial charge in [0.25, 0.3) is 0 Å². The Morgan fingerprint density at radius 3 is 2.50 bits per heavy atom. The van der Waals surface area contributed by atoms with Crippen molar-refractivity contribution in [1.29, 1.82) is 0 Å². The van der Waals surface area contributed by atoms with Gasteiger partial charge in [0.15, 0.2) is 5.78 Å². The molecule has 3 rings (SSSR count). The predicted molar refractivity (Wildman–Crippen MR) is 104 cm³/mol. The second-order valence-corrected chi connectivity index (χ2v) is 6.11. The van der Waals surface area contributed by atoms with Crippen LogP contribution in [-0.4, -0.2) is 23.8 Å². The van der Waals surface area contributed by atoms with Crippen LogP contribution < -0.4 is 14.8 Å². The first kappa shape index (κ1) is 19.2. The third kappa shape index (κ3) is 4.56. The third-order valence-corrected chi connectivity index (χ3v) is 3.96. The van der Waals surface area contributed by atoms with Crippen LogP contribution >= 0.6 is 0 Å². The van der Waals surface area contributed by atoms with Crippen molar-refractivity contribution in [1.82, 2.24) is 4.98 Å². The monoisotopic (exact) mass is 380 g/mol. The highest BCUT2D eigenvalue weighted by molar-refractivity contribution is 5.96. The first-order chi connectivity index (χ1) is 13.5. The van der Waals surface area contributed by atoms with Crippen LogP contribution in [0.5, 0.6) is 11.5 Å². The number of oxazole rings is 1. The normalized spacial score (nSPS) is 10.4. The Hall–Kier alpha value is -3.61. The minimum atomic E-state index is -0.233. The van der Waals surface area contributed by atoms with E-state index in [-0.39, 0.29) is 18.3 Å². The fourth-order valence-electron chi connectivity index (χ4n) is 2.54. The first-order valence-electron chi connectivity index (χ1n) is 8.60. The number of rotatable bonds is 7. The molecule has 0 fully saturated rings. The third-order valence-electron chi connectivity index (χ3n) is 3.96. The molecule has 1 heterocycles. The van der Waals surface area contributed by atoms with Gasteiger partial charge in [-0.1, -0.05) is 0 Å². The summed E-state index contributed by atoms with van der Waals surface area (Å²) in [7, 11) is 1.60. The van der Waals surface area contributed by atoms with Crippen LogP contribution in [0, 0.1) is 0 Å². The molecule has 0 radical (unpaired) electrons. The summed E-state index contributed by atoms with van der Waals surface area (Å²) in [5.41, 5.74) is 2.36. The SMILES string of the molecule is COc1ccc(-c2nc(COc3cc(C(C)=O)ccc3NC(C)=O)co2)cc1. The predicted octanol–water partition coefficient (Wildman–Crippen LogP) is 4.09. The van der Waals surface area contributed by atoms with Gasteiger partial charge in [-0.25, -0.2) is 4.98 Å². The van der Waals surface area contributed by atoms with Crippen LogP contribution in [0.15, 0.2) is 53.1 Å². The Morgan fingerprint density at radius 2 is 1.86 bits per heavy atom. The fraction of sp³-hybridized carbons (Fsp3) is 0.190. The number of Topliss-reactive ketones (excluding diaryl/α,β-unsaturated/α-hetero) is 1. The number of benzene rings is 2. The van der Waals surface area contributed by atoms with E-state index in [4.69, 9.17) is 13.9 Å². The smallest absolute Gasteiger partial charge is 0.226 e. The molecule has 3 aromatic rings. The van der Waals surface area contributed by atoms with E-state index in [1.165, 1.54) is 20.1 Å². The molecule has 0 saturated heterocycles. The average Bonchev–Trinajstić information content (AvgIpc) is 3.15. The number of anilines is 1. The zero-order valence-corrected chi connectivity index (χ0v) is 15.8. The van der Waals surface area contributed by atoms with Crippen molar-refractivity contribution in [2.45, 2.75) is 20.5 Å². The van der Waals surface area contributed by atoms with Crippen LogP contribution in [0.2, 0.25) is 0 Å². The number of hydrogen-bond acceptors (Lipinski definition) is 6. The lowest BCUT2D eigenvalue weighted by molar-refractivity contribution is -0.114. The maximum atomic E-state index is 11.6. The quantitative estimate of drug-likeness (QED) is 0.621. The van der Waals surface area contributed by atoms with Crippen molar-refractivity contribution in [3.8, 4) is 23.0 Å². The number of hydrogen-bond donors (Lipinski definition) is 1. The summed E-state index contributed by atoms with van der Waals surface area (Å²) >= 11 is 0. The highest BCUT2D eigenvalue weighted by Crippen LogP contribution is 2.28. The van der Waals surface area contributed by atoms with E-state index < -0.39 is 0 Å². The van der Waals surface area contributed by atoms with Crippen LogP contribution in [-0.2, 0) is 11.4 Å². The lowest BCUT2D eigenvalue weighted by Crippen LogP contribution is -2.09. The number of ketones is 1. The van der Waals surface area contributed by atoms with Gasteiger partial charge in [-0.15, -0.1) is 0 Å². The Labute approximate surface area is 162 Å². The van der Waals surface area contributed by atoms with Gasteiger partial charge in [0, 0.05) is 18.1 Å². The summed E-state index contributed by atoms with van der Waals surface area (Å²) in [4.78, 5) is 27.4. The Kier molecular flexibility index (Phi) is 5.74. The van der Waals surface area contributed by atoms with Crippen LogP contribution in [0.3, 0.4) is 0 Å². The van der Waals surface area contributed by atoms with Gasteiger partial charge in [0.2, 0.25) is 11.8 Å². The lowest BCUT2D eigenvalue weighted by Gasteiger charge is -2.12. The Morgan fingerprint density at radius 1 is 1.11 bits per heavy atom. The van der Waals surface area contributed by atoms with Gasteiger partial charge in [0.05, 0.1) is 12.8 Å². The van der Waals surface area contributed by atoms with Gasteiger partial charge >= 0.3 is 0 Å². The van der Waals surface area contributed by atoms with Crippen LogP contribution in [0.1, 0.15) is 29.9 Å². The highest BCUT2D eigenvalue weighted by atomic mass is 16.5. The largest absolute Gasteiger partial charge is 0.497 e. The standard InChI is InChI=1S/C21H20N2O5/c1-13(24)16-6-9-19(22-14(2)25)20(10-16)27-11-17-12-28-21(23-17)15-4-7-18(26-3)8-5-15/h4-10,12H,11H2,1-3H3,(H,22,25). The van der Waals surface area contributed by atoms with E-state index in [0.29, 0.717) is 28.6 Å². The summed E-state index contributed by atoms with van der Waals surface area (Å²) in [6.07, 6.45) is 1.51. The number of nitrogens with zero attached hydrogens (tertiary/aromatic N) is 1. The van der Waals surface area contributed by atoms with Crippen molar-refractivity contribution in [2.75, 3.05) is 12.4 Å². The molecule has 7 heteroatoms.